The second kappa shape index (κ2) is 8.34. The van der Waals surface area contributed by atoms with Crippen LogP contribution in [0.2, 0.25) is 0 Å². The summed E-state index contributed by atoms with van der Waals surface area (Å²) >= 11 is 4.69. The summed E-state index contributed by atoms with van der Waals surface area (Å²) in [6.07, 6.45) is 0.346. The number of imidazole rings is 1. The van der Waals surface area contributed by atoms with E-state index in [0.29, 0.717) is 18.7 Å². The van der Waals surface area contributed by atoms with Crippen molar-refractivity contribution in [2.75, 3.05) is 19.3 Å². The predicted octanol–water partition coefficient (Wildman–Crippen LogP) is 4.33. The van der Waals surface area contributed by atoms with E-state index in [1.54, 1.807) is 34.6 Å². The number of H-pyrrole nitrogens is 1. The van der Waals surface area contributed by atoms with Crippen LogP contribution < -0.4 is 0 Å². The van der Waals surface area contributed by atoms with Crippen molar-refractivity contribution in [3.05, 3.63) is 35.0 Å². The molecule has 8 heteroatoms. The Hall–Kier alpha value is -2.08. The molecule has 128 valence electrons. The van der Waals surface area contributed by atoms with Crippen LogP contribution in [0.25, 0.3) is 21.1 Å². The summed E-state index contributed by atoms with van der Waals surface area (Å²) in [6.45, 7) is 0.453. The zero-order valence-electron chi connectivity index (χ0n) is 13.6. The van der Waals surface area contributed by atoms with Crippen molar-refractivity contribution < 1.29 is 4.79 Å². The molecular weight excluding hydrogens is 372 g/mol. The van der Waals surface area contributed by atoms with E-state index < -0.39 is 0 Å². The van der Waals surface area contributed by atoms with E-state index in [0.717, 1.165) is 26.3 Å². The predicted molar refractivity (Wildman–Crippen MR) is 104 cm³/mol. The molecular formula is C17H16N4OS3. The summed E-state index contributed by atoms with van der Waals surface area (Å²) in [5.74, 6) is 0.287. The Bertz CT molecular complexity index is 811. The van der Waals surface area contributed by atoms with Gasteiger partial charge in [0.05, 0.1) is 33.7 Å². The van der Waals surface area contributed by atoms with Gasteiger partial charge >= 0.3 is 0 Å². The van der Waals surface area contributed by atoms with Crippen LogP contribution in [0.3, 0.4) is 0 Å². The lowest BCUT2D eigenvalue weighted by Crippen LogP contribution is -2.29. The molecule has 0 aliphatic carbocycles. The molecule has 3 heterocycles. The van der Waals surface area contributed by atoms with Crippen molar-refractivity contribution in [3.63, 3.8) is 0 Å². The lowest BCUT2D eigenvalue weighted by atomic mass is 10.2. The van der Waals surface area contributed by atoms with E-state index in [9.17, 15) is 4.79 Å². The summed E-state index contributed by atoms with van der Waals surface area (Å²) in [5.41, 5.74) is 1.91. The van der Waals surface area contributed by atoms with Gasteiger partial charge in [0, 0.05) is 13.6 Å². The van der Waals surface area contributed by atoms with Crippen molar-refractivity contribution in [3.8, 4) is 27.2 Å². The molecule has 0 radical (unpaired) electrons. The van der Waals surface area contributed by atoms with Gasteiger partial charge in [0.25, 0.3) is 0 Å². The molecule has 0 saturated carbocycles. The van der Waals surface area contributed by atoms with Crippen molar-refractivity contribution in [2.45, 2.75) is 11.6 Å². The van der Waals surface area contributed by atoms with Crippen LogP contribution in [-0.4, -0.2) is 40.1 Å². The number of rotatable bonds is 7. The zero-order chi connectivity index (χ0) is 17.6. The van der Waals surface area contributed by atoms with Gasteiger partial charge < -0.3 is 9.88 Å². The van der Waals surface area contributed by atoms with Crippen molar-refractivity contribution in [1.82, 2.24) is 14.9 Å². The molecule has 3 aromatic rings. The molecule has 3 aromatic heterocycles. The number of hydrogen-bond acceptors (Lipinski definition) is 6. The molecule has 3 rings (SSSR count). The standard InChI is InChI=1S/C17H16N4OS3/c1-21(8-4-7-18)14(22)11-25-17-19-15(12-5-2-9-23-12)16(20-17)13-6-3-10-24-13/h2-3,5-6,9-10H,4,8,11H2,1H3,(H,19,20). The van der Waals surface area contributed by atoms with Crippen LogP contribution in [0.5, 0.6) is 0 Å². The van der Waals surface area contributed by atoms with Crippen LogP contribution in [-0.2, 0) is 4.79 Å². The maximum absolute atomic E-state index is 12.1. The number of thiophene rings is 2. The molecule has 0 spiro atoms. The zero-order valence-corrected chi connectivity index (χ0v) is 16.0. The molecule has 0 aliphatic heterocycles. The highest BCUT2D eigenvalue weighted by molar-refractivity contribution is 7.99. The Labute approximate surface area is 158 Å². The Morgan fingerprint density at radius 2 is 2.04 bits per heavy atom. The number of carbonyl (C=O) groups is 1. The van der Waals surface area contributed by atoms with Gasteiger partial charge in [-0.1, -0.05) is 23.9 Å². The molecule has 5 nitrogen and oxygen atoms in total. The van der Waals surface area contributed by atoms with E-state index in [4.69, 9.17) is 10.2 Å². The number of carbonyl (C=O) groups excluding carboxylic acids is 1. The van der Waals surface area contributed by atoms with Gasteiger partial charge in [-0.15, -0.1) is 22.7 Å². The third-order valence-corrected chi connectivity index (χ3v) is 6.14. The topological polar surface area (TPSA) is 72.8 Å². The third kappa shape index (κ3) is 4.31. The average molecular weight is 389 g/mol. The summed E-state index contributed by atoms with van der Waals surface area (Å²) in [6, 6.07) is 10.2. The number of nitrogens with one attached hydrogen (secondary N) is 1. The van der Waals surface area contributed by atoms with Gasteiger partial charge in [0.15, 0.2) is 5.16 Å². The lowest BCUT2D eigenvalue weighted by Gasteiger charge is -2.14. The molecule has 0 aliphatic rings. The number of nitrogens with zero attached hydrogens (tertiary/aromatic N) is 3. The Morgan fingerprint density at radius 3 is 2.68 bits per heavy atom. The first-order chi connectivity index (χ1) is 12.2. The molecule has 0 fully saturated rings. The molecule has 1 amide bonds. The van der Waals surface area contributed by atoms with Crippen LogP contribution in [0.15, 0.2) is 40.2 Å². The van der Waals surface area contributed by atoms with Crippen LogP contribution in [0.4, 0.5) is 0 Å². The van der Waals surface area contributed by atoms with Gasteiger partial charge in [0.1, 0.15) is 5.69 Å². The van der Waals surface area contributed by atoms with Crippen LogP contribution >= 0.6 is 34.4 Å². The number of thioether (sulfide) groups is 1. The van der Waals surface area contributed by atoms with Crippen molar-refractivity contribution in [2.24, 2.45) is 0 Å². The molecule has 1 N–H and O–H groups in total. The summed E-state index contributed by atoms with van der Waals surface area (Å²) in [5, 5.41) is 13.4. The number of nitriles is 1. The maximum atomic E-state index is 12.1. The van der Waals surface area contributed by atoms with Gasteiger partial charge in [-0.25, -0.2) is 4.98 Å². The largest absolute Gasteiger partial charge is 0.344 e. The second-order valence-corrected chi connectivity index (χ2v) is 8.09. The summed E-state index contributed by atoms with van der Waals surface area (Å²) in [4.78, 5) is 24.0. The molecule has 0 aromatic carbocycles. The average Bonchev–Trinajstić information content (AvgIpc) is 3.37. The minimum atomic E-state index is -0.00741. The number of aromatic nitrogens is 2. The Morgan fingerprint density at radius 1 is 1.32 bits per heavy atom. The highest BCUT2D eigenvalue weighted by Crippen LogP contribution is 2.36. The number of hydrogen-bond donors (Lipinski definition) is 1. The Balaban J connectivity index is 1.76. The van der Waals surface area contributed by atoms with E-state index in [1.165, 1.54) is 11.8 Å². The molecule has 0 bridgehead atoms. The van der Waals surface area contributed by atoms with E-state index in [-0.39, 0.29) is 5.91 Å². The van der Waals surface area contributed by atoms with Gasteiger partial charge in [-0.2, -0.15) is 5.26 Å². The van der Waals surface area contributed by atoms with Crippen LogP contribution in [0, 0.1) is 11.3 Å². The van der Waals surface area contributed by atoms with Crippen molar-refractivity contribution >= 4 is 40.3 Å². The first-order valence-corrected chi connectivity index (χ1v) is 10.3. The van der Waals surface area contributed by atoms with E-state index >= 15 is 0 Å². The first-order valence-electron chi connectivity index (χ1n) is 7.60. The highest BCUT2D eigenvalue weighted by Gasteiger charge is 2.17. The Kier molecular flexibility index (Phi) is 5.91. The van der Waals surface area contributed by atoms with E-state index in [1.807, 2.05) is 29.0 Å². The monoisotopic (exact) mass is 388 g/mol. The molecule has 0 saturated heterocycles. The van der Waals surface area contributed by atoms with Crippen LogP contribution in [0.1, 0.15) is 6.42 Å². The first kappa shape index (κ1) is 17.7. The molecule has 25 heavy (non-hydrogen) atoms. The van der Waals surface area contributed by atoms with E-state index in [2.05, 4.69) is 17.1 Å². The normalized spacial score (nSPS) is 10.6. The maximum Gasteiger partial charge on any atom is 0.232 e. The summed E-state index contributed by atoms with van der Waals surface area (Å²) in [7, 11) is 1.72. The fraction of sp³-hybridized carbons (Fsp3) is 0.235. The quantitative estimate of drug-likeness (QED) is 0.612. The fourth-order valence-electron chi connectivity index (χ4n) is 2.19. The van der Waals surface area contributed by atoms with Crippen molar-refractivity contribution in [1.29, 1.82) is 5.26 Å². The summed E-state index contributed by atoms with van der Waals surface area (Å²) < 4.78 is 0. The number of amides is 1. The lowest BCUT2D eigenvalue weighted by molar-refractivity contribution is -0.127. The van der Waals surface area contributed by atoms with Gasteiger partial charge in [-0.05, 0) is 22.9 Å². The number of aromatic amines is 1. The van der Waals surface area contributed by atoms with Gasteiger partial charge in [0.2, 0.25) is 5.91 Å². The highest BCUT2D eigenvalue weighted by atomic mass is 32.2. The fourth-order valence-corrected chi connectivity index (χ4v) is 4.45. The minimum absolute atomic E-state index is 0.00741. The molecule has 0 atom stereocenters. The smallest absolute Gasteiger partial charge is 0.232 e. The third-order valence-electron chi connectivity index (χ3n) is 3.52. The SMILES string of the molecule is CN(CCC#N)C(=O)CSc1nc(-c2cccs2)c(-c2cccs2)[nH]1. The minimum Gasteiger partial charge on any atom is -0.344 e. The van der Waals surface area contributed by atoms with Gasteiger partial charge in [-0.3, -0.25) is 4.79 Å². The second-order valence-electron chi connectivity index (χ2n) is 5.23. The molecule has 0 unspecified atom stereocenters.